The summed E-state index contributed by atoms with van der Waals surface area (Å²) in [6.45, 7) is 0. The van der Waals surface area contributed by atoms with Crippen LogP contribution in [0, 0.1) is 0 Å². The van der Waals surface area contributed by atoms with E-state index in [0.717, 1.165) is 0 Å². The molecule has 0 unspecified atom stereocenters. The van der Waals surface area contributed by atoms with E-state index in [-0.39, 0.29) is 11.3 Å². The molecule has 0 saturated heterocycles. The lowest BCUT2D eigenvalue weighted by molar-refractivity contribution is 0.0697. The molecule has 1 aromatic carbocycles. The molecule has 0 heterocycles. The molecule has 0 bridgehead atoms. The second-order valence-electron chi connectivity index (χ2n) is 2.27. The maximum absolute atomic E-state index is 10.4. The molecule has 0 radical (unpaired) electrons. The second-order valence-corrected chi connectivity index (χ2v) is 2.27. The predicted octanol–water partition coefficient (Wildman–Crippen LogP) is -0.267. The lowest BCUT2D eigenvalue weighted by Crippen LogP contribution is -2.20. The summed E-state index contributed by atoms with van der Waals surface area (Å²) in [5, 5.41) is 25.3. The van der Waals surface area contributed by atoms with E-state index in [1.54, 1.807) is 0 Å². The lowest BCUT2D eigenvalue weighted by Gasteiger charge is -2.03. The molecule has 0 aliphatic rings. The van der Waals surface area contributed by atoms with Crippen LogP contribution in [0.2, 0.25) is 0 Å². The van der Waals surface area contributed by atoms with Crippen molar-refractivity contribution in [1.82, 2.24) is 0 Å². The highest BCUT2D eigenvalue weighted by molar-refractivity contribution is 6.33. The Hall–Kier alpha value is -1.53. The normalized spacial score (nSPS) is 9.38. The lowest BCUT2D eigenvalue weighted by atomic mass is 10.2. The van der Waals surface area contributed by atoms with Crippen molar-refractivity contribution >= 4 is 13.3 Å². The van der Waals surface area contributed by atoms with E-state index in [2.05, 4.69) is 4.65 Å². The van der Waals surface area contributed by atoms with Crippen LogP contribution in [-0.4, -0.2) is 28.4 Å². The fourth-order valence-corrected chi connectivity index (χ4v) is 0.798. The molecular formula is C7H7BO5. The molecule has 68 valence electrons. The van der Waals surface area contributed by atoms with Crippen molar-refractivity contribution in [2.45, 2.75) is 0 Å². The van der Waals surface area contributed by atoms with Gasteiger partial charge in [-0.3, -0.25) is 0 Å². The number of carboxylic acid groups (broad SMARTS) is 1. The maximum Gasteiger partial charge on any atom is 0.707 e. The second kappa shape index (κ2) is 3.93. The SMILES string of the molecule is O=C(O)c1ccc(OB(O)O)cc1. The molecule has 0 fully saturated rings. The molecule has 0 aliphatic carbocycles. The smallest absolute Gasteiger partial charge is 0.512 e. The molecule has 0 saturated carbocycles. The van der Waals surface area contributed by atoms with Crippen molar-refractivity contribution < 1.29 is 24.6 Å². The van der Waals surface area contributed by atoms with E-state index in [9.17, 15) is 4.79 Å². The van der Waals surface area contributed by atoms with Crippen LogP contribution >= 0.6 is 0 Å². The molecule has 0 amide bonds. The third-order valence-corrected chi connectivity index (χ3v) is 1.34. The van der Waals surface area contributed by atoms with Gasteiger partial charge in [0.25, 0.3) is 0 Å². The minimum absolute atomic E-state index is 0.111. The third kappa shape index (κ3) is 2.77. The van der Waals surface area contributed by atoms with Gasteiger partial charge in [-0.2, -0.15) is 0 Å². The zero-order valence-electron chi connectivity index (χ0n) is 6.54. The summed E-state index contributed by atoms with van der Waals surface area (Å²) in [4.78, 5) is 10.4. The average Bonchev–Trinajstić information content (AvgIpc) is 2.04. The Kier molecular flexibility index (Phi) is 2.89. The number of hydrogen-bond donors (Lipinski definition) is 3. The van der Waals surface area contributed by atoms with Crippen molar-refractivity contribution in [3.8, 4) is 5.75 Å². The van der Waals surface area contributed by atoms with Gasteiger partial charge >= 0.3 is 13.3 Å². The van der Waals surface area contributed by atoms with E-state index in [0.29, 0.717) is 0 Å². The molecule has 0 spiro atoms. The van der Waals surface area contributed by atoms with Crippen LogP contribution in [-0.2, 0) is 0 Å². The van der Waals surface area contributed by atoms with E-state index in [4.69, 9.17) is 15.2 Å². The van der Waals surface area contributed by atoms with Gasteiger partial charge < -0.3 is 19.8 Å². The highest BCUT2D eigenvalue weighted by Gasteiger charge is 2.11. The number of rotatable bonds is 3. The van der Waals surface area contributed by atoms with Crippen LogP contribution in [0.5, 0.6) is 5.75 Å². The highest BCUT2D eigenvalue weighted by Crippen LogP contribution is 2.11. The van der Waals surface area contributed by atoms with Gasteiger partial charge in [0.1, 0.15) is 5.75 Å². The molecule has 0 atom stereocenters. The summed E-state index contributed by atoms with van der Waals surface area (Å²) in [6.07, 6.45) is 0. The van der Waals surface area contributed by atoms with E-state index in [1.807, 2.05) is 0 Å². The summed E-state index contributed by atoms with van der Waals surface area (Å²) in [7, 11) is -1.89. The largest absolute Gasteiger partial charge is 0.707 e. The first kappa shape index (κ1) is 9.56. The van der Waals surface area contributed by atoms with E-state index >= 15 is 0 Å². The Bertz CT molecular complexity index is 294. The fourth-order valence-electron chi connectivity index (χ4n) is 0.798. The Morgan fingerprint density at radius 1 is 1.23 bits per heavy atom. The van der Waals surface area contributed by atoms with Gasteiger partial charge in [-0.05, 0) is 24.3 Å². The summed E-state index contributed by atoms with van der Waals surface area (Å²) in [5.74, 6) is -0.851. The predicted molar refractivity (Wildman–Crippen MR) is 44.2 cm³/mol. The molecule has 1 rings (SSSR count). The Labute approximate surface area is 74.4 Å². The van der Waals surface area contributed by atoms with Crippen molar-refractivity contribution in [1.29, 1.82) is 0 Å². The van der Waals surface area contributed by atoms with Crippen molar-refractivity contribution in [2.75, 3.05) is 0 Å². The molecule has 3 N–H and O–H groups in total. The minimum Gasteiger partial charge on any atom is -0.512 e. The van der Waals surface area contributed by atoms with Gasteiger partial charge in [-0.15, -0.1) is 0 Å². The number of benzene rings is 1. The molecule has 13 heavy (non-hydrogen) atoms. The van der Waals surface area contributed by atoms with Crippen LogP contribution in [0.25, 0.3) is 0 Å². The number of hydrogen-bond acceptors (Lipinski definition) is 4. The minimum atomic E-state index is -1.89. The zero-order valence-corrected chi connectivity index (χ0v) is 6.54. The zero-order chi connectivity index (χ0) is 9.84. The summed E-state index contributed by atoms with van der Waals surface area (Å²) < 4.78 is 4.47. The van der Waals surface area contributed by atoms with Gasteiger partial charge in [0, 0.05) is 0 Å². The fraction of sp³-hybridized carbons (Fsp3) is 0. The van der Waals surface area contributed by atoms with Gasteiger partial charge in [0.05, 0.1) is 5.56 Å². The van der Waals surface area contributed by atoms with Crippen LogP contribution in [0.1, 0.15) is 10.4 Å². The maximum atomic E-state index is 10.4. The number of aromatic carboxylic acids is 1. The van der Waals surface area contributed by atoms with Crippen LogP contribution in [0.15, 0.2) is 24.3 Å². The first-order chi connectivity index (χ1) is 6.09. The summed E-state index contributed by atoms with van der Waals surface area (Å²) >= 11 is 0. The Morgan fingerprint density at radius 3 is 2.15 bits per heavy atom. The molecular weight excluding hydrogens is 175 g/mol. The topological polar surface area (TPSA) is 87.0 Å². The molecule has 0 aliphatic heterocycles. The summed E-state index contributed by atoms with van der Waals surface area (Å²) in [5.41, 5.74) is 0.111. The molecule has 1 aromatic rings. The van der Waals surface area contributed by atoms with Gasteiger partial charge in [-0.1, -0.05) is 0 Å². The van der Waals surface area contributed by atoms with Crippen molar-refractivity contribution in [2.24, 2.45) is 0 Å². The Balaban J connectivity index is 2.75. The van der Waals surface area contributed by atoms with E-state index in [1.165, 1.54) is 24.3 Å². The molecule has 6 heteroatoms. The van der Waals surface area contributed by atoms with Crippen LogP contribution < -0.4 is 4.65 Å². The highest BCUT2D eigenvalue weighted by atomic mass is 16.6. The molecule has 5 nitrogen and oxygen atoms in total. The Morgan fingerprint density at radius 2 is 1.77 bits per heavy atom. The van der Waals surface area contributed by atoms with Gasteiger partial charge in [-0.25, -0.2) is 4.79 Å². The van der Waals surface area contributed by atoms with Crippen molar-refractivity contribution in [3.05, 3.63) is 29.8 Å². The van der Waals surface area contributed by atoms with Gasteiger partial charge in [0.2, 0.25) is 0 Å². The number of carboxylic acids is 1. The quantitative estimate of drug-likeness (QED) is 0.560. The van der Waals surface area contributed by atoms with Crippen LogP contribution in [0.4, 0.5) is 0 Å². The van der Waals surface area contributed by atoms with Crippen LogP contribution in [0.3, 0.4) is 0 Å². The monoisotopic (exact) mass is 182 g/mol. The van der Waals surface area contributed by atoms with Crippen molar-refractivity contribution in [3.63, 3.8) is 0 Å². The van der Waals surface area contributed by atoms with Gasteiger partial charge in [0.15, 0.2) is 0 Å². The average molecular weight is 182 g/mol. The molecule has 0 aromatic heterocycles. The third-order valence-electron chi connectivity index (χ3n) is 1.34. The number of carbonyl (C=O) groups is 1. The first-order valence-electron chi connectivity index (χ1n) is 3.46. The standard InChI is InChI=1S/C7H7BO5/c9-7(10)5-1-3-6(4-2-5)13-8(11)12/h1-4,11-12H,(H,9,10). The van der Waals surface area contributed by atoms with E-state index < -0.39 is 13.3 Å². The first-order valence-corrected chi connectivity index (χ1v) is 3.46. The summed E-state index contributed by atoms with van der Waals surface area (Å²) in [6, 6.07) is 5.28.